The zero-order valence-electron chi connectivity index (χ0n) is 24.4. The molecule has 0 saturated heterocycles. The highest BCUT2D eigenvalue weighted by molar-refractivity contribution is 6.31. The van der Waals surface area contributed by atoms with Crippen molar-refractivity contribution in [1.29, 1.82) is 0 Å². The molecule has 0 bridgehead atoms. The molecule has 4 rings (SSSR count). The van der Waals surface area contributed by atoms with Crippen molar-refractivity contribution >= 4 is 11.6 Å². The Kier molecular flexibility index (Phi) is 4.67. The van der Waals surface area contributed by atoms with Crippen LogP contribution in [-0.4, -0.2) is 24.6 Å². The molecule has 3 heterocycles. The molecule has 3 aromatic heterocycles. The van der Waals surface area contributed by atoms with Crippen LogP contribution in [0.15, 0.2) is 65.7 Å². The number of rotatable bonds is 6. The molecule has 0 aliphatic rings. The van der Waals surface area contributed by atoms with Gasteiger partial charge in [0.15, 0.2) is 5.82 Å². The smallest absolute Gasteiger partial charge is 0.277 e. The highest BCUT2D eigenvalue weighted by Crippen LogP contribution is 2.27. The van der Waals surface area contributed by atoms with Crippen LogP contribution < -0.4 is 10.3 Å². The fourth-order valence-electron chi connectivity index (χ4n) is 3.39. The summed E-state index contributed by atoms with van der Waals surface area (Å²) in [7, 11) is 0. The molecule has 0 amide bonds. The van der Waals surface area contributed by atoms with Crippen LogP contribution >= 0.6 is 11.6 Å². The average molecular weight is 483 g/mol. The Labute approximate surface area is 211 Å². The van der Waals surface area contributed by atoms with Gasteiger partial charge in [-0.25, -0.2) is 9.97 Å². The molecular formula is C26H25ClN4O3. The van der Waals surface area contributed by atoms with Crippen molar-refractivity contribution in [2.24, 2.45) is 0 Å². The number of nitrogens with zero attached hydrogens (tertiary/aromatic N) is 4. The number of aromatic nitrogens is 4. The minimum absolute atomic E-state index is 0.0396. The van der Waals surface area contributed by atoms with Crippen LogP contribution in [0.4, 0.5) is 0 Å². The molecule has 1 aromatic carbocycles. The number of benzene rings is 1. The maximum atomic E-state index is 13.4. The quantitative estimate of drug-likeness (QED) is 0.426. The van der Waals surface area contributed by atoms with E-state index in [1.54, 1.807) is 19.9 Å². The highest BCUT2D eigenvalue weighted by Gasteiger charge is 2.21. The van der Waals surface area contributed by atoms with Crippen molar-refractivity contribution in [3.63, 3.8) is 0 Å². The number of aliphatic hydroxyl groups is 1. The summed E-state index contributed by atoms with van der Waals surface area (Å²) >= 11 is 6.42. The summed E-state index contributed by atoms with van der Waals surface area (Å²) in [4.78, 5) is 25.5. The van der Waals surface area contributed by atoms with Crippen LogP contribution in [0.3, 0.4) is 0 Å². The molecule has 34 heavy (non-hydrogen) atoms. The second kappa shape index (κ2) is 9.37. The van der Waals surface area contributed by atoms with E-state index in [1.165, 1.54) is 22.9 Å². The van der Waals surface area contributed by atoms with Crippen LogP contribution in [0.1, 0.15) is 44.6 Å². The van der Waals surface area contributed by atoms with Gasteiger partial charge in [0, 0.05) is 32.4 Å². The first-order chi connectivity index (χ1) is 18.6. The number of aryl methyl sites for hydroxylation is 2. The average Bonchev–Trinajstić information content (AvgIpc) is 2.90. The van der Waals surface area contributed by atoms with Crippen LogP contribution in [-0.2, 0) is 12.2 Å². The summed E-state index contributed by atoms with van der Waals surface area (Å²) in [5.74, 6) is -0.574. The van der Waals surface area contributed by atoms with Crippen molar-refractivity contribution in [2.45, 2.75) is 39.8 Å². The summed E-state index contributed by atoms with van der Waals surface area (Å²) in [5.41, 5.74) is -1.20. The van der Waals surface area contributed by atoms with Crippen molar-refractivity contribution in [3.05, 3.63) is 98.9 Å². The summed E-state index contributed by atoms with van der Waals surface area (Å²) in [6, 6.07) is 14.0. The Morgan fingerprint density at radius 1 is 1.12 bits per heavy atom. The van der Waals surface area contributed by atoms with Crippen LogP contribution in [0.25, 0.3) is 17.1 Å². The normalized spacial score (nSPS) is 14.8. The second-order valence-corrected chi connectivity index (χ2v) is 8.09. The number of ether oxygens (including phenoxy) is 1. The maximum Gasteiger partial charge on any atom is 0.277 e. The van der Waals surface area contributed by atoms with E-state index in [0.29, 0.717) is 16.9 Å². The molecule has 7 nitrogen and oxygen atoms in total. The van der Waals surface area contributed by atoms with E-state index in [-0.39, 0.29) is 28.8 Å². The Morgan fingerprint density at radius 2 is 1.88 bits per heavy atom. The Morgan fingerprint density at radius 3 is 2.62 bits per heavy atom. The third-order valence-corrected chi connectivity index (χ3v) is 5.44. The summed E-state index contributed by atoms with van der Waals surface area (Å²) in [6.07, 6.45) is 2.61. The number of pyridine rings is 2. The predicted molar refractivity (Wildman–Crippen MR) is 131 cm³/mol. The summed E-state index contributed by atoms with van der Waals surface area (Å²) in [6.45, 7) is -3.04. The summed E-state index contributed by atoms with van der Waals surface area (Å²) in [5, 5.41) is 10.7. The van der Waals surface area contributed by atoms with Crippen LogP contribution in [0, 0.1) is 13.8 Å². The number of hydrogen-bond acceptors (Lipinski definition) is 6. The lowest BCUT2D eigenvalue weighted by Gasteiger charge is -2.17. The molecule has 4 aromatic rings. The Bertz CT molecular complexity index is 1590. The van der Waals surface area contributed by atoms with E-state index in [0.717, 1.165) is 11.8 Å². The lowest BCUT2D eigenvalue weighted by Crippen LogP contribution is -2.23. The minimum Gasteiger partial charge on any atom is -0.487 e. The largest absolute Gasteiger partial charge is 0.487 e. The van der Waals surface area contributed by atoms with Gasteiger partial charge in [-0.3, -0.25) is 14.3 Å². The zero-order chi connectivity index (χ0) is 29.5. The fourth-order valence-corrected chi connectivity index (χ4v) is 3.58. The van der Waals surface area contributed by atoms with Crippen LogP contribution in [0.5, 0.6) is 5.75 Å². The van der Waals surface area contributed by atoms with Gasteiger partial charge in [-0.05, 0) is 50.8 Å². The SMILES string of the molecule is [2H]C([2H])([2H])C(O)(c1nccc(-c2cc(-n3c(C)cc(OCc4ccccc4)c(Cl)c3=O)c(C)cn2)n1)C([2H])([2H])[2H]. The van der Waals surface area contributed by atoms with E-state index in [4.69, 9.17) is 24.6 Å². The van der Waals surface area contributed by atoms with Gasteiger partial charge >= 0.3 is 0 Å². The first kappa shape index (κ1) is 17.0. The van der Waals surface area contributed by atoms with Gasteiger partial charge in [0.2, 0.25) is 0 Å². The molecule has 0 spiro atoms. The standard InChI is InChI=1S/C26H25ClN4O3/c1-16-14-29-20(19-10-11-28-25(30-19)26(3,4)33)13-21(16)31-17(2)12-22(23(27)24(31)32)34-15-18-8-6-5-7-9-18/h5-14,33H,15H2,1-4H3/i3D3,4D3. The molecule has 0 fully saturated rings. The monoisotopic (exact) mass is 482 g/mol. The molecule has 0 radical (unpaired) electrons. The van der Waals surface area contributed by atoms with Gasteiger partial charge in [0.25, 0.3) is 5.56 Å². The molecule has 174 valence electrons. The lowest BCUT2D eigenvalue weighted by atomic mass is 10.1. The van der Waals surface area contributed by atoms with E-state index in [1.807, 2.05) is 30.3 Å². The third-order valence-electron chi connectivity index (χ3n) is 5.09. The van der Waals surface area contributed by atoms with E-state index in [2.05, 4.69) is 15.0 Å². The first-order valence-electron chi connectivity index (χ1n) is 13.3. The Hall–Kier alpha value is -3.55. The maximum absolute atomic E-state index is 13.4. The molecular weight excluding hydrogens is 452 g/mol. The van der Waals surface area contributed by atoms with Crippen molar-refractivity contribution in [3.8, 4) is 22.8 Å². The number of hydrogen-bond donors (Lipinski definition) is 1. The minimum atomic E-state index is -3.35. The third kappa shape index (κ3) is 4.85. The van der Waals surface area contributed by atoms with Gasteiger partial charge < -0.3 is 9.84 Å². The van der Waals surface area contributed by atoms with E-state index >= 15 is 0 Å². The molecule has 1 N–H and O–H groups in total. The van der Waals surface area contributed by atoms with Crippen molar-refractivity contribution in [1.82, 2.24) is 19.5 Å². The summed E-state index contributed by atoms with van der Waals surface area (Å²) < 4.78 is 53.1. The molecule has 0 aliphatic carbocycles. The molecule has 0 saturated carbocycles. The van der Waals surface area contributed by atoms with Crippen molar-refractivity contribution < 1.29 is 18.1 Å². The van der Waals surface area contributed by atoms with Gasteiger partial charge in [-0.1, -0.05) is 41.9 Å². The van der Waals surface area contributed by atoms with Gasteiger partial charge in [0.05, 0.1) is 17.1 Å². The fraction of sp³-hybridized carbons (Fsp3) is 0.231. The van der Waals surface area contributed by atoms with E-state index < -0.39 is 30.7 Å². The predicted octanol–water partition coefficient (Wildman–Crippen LogP) is 4.77. The highest BCUT2D eigenvalue weighted by atomic mass is 35.5. The lowest BCUT2D eigenvalue weighted by molar-refractivity contribution is 0.0688. The molecule has 0 unspecified atom stereocenters. The second-order valence-electron chi connectivity index (χ2n) is 7.71. The van der Waals surface area contributed by atoms with E-state index in [9.17, 15) is 9.90 Å². The number of halogens is 1. The Balaban J connectivity index is 1.77. The molecule has 8 heteroatoms. The molecule has 0 atom stereocenters. The van der Waals surface area contributed by atoms with Gasteiger partial charge in [-0.2, -0.15) is 0 Å². The molecule has 0 aliphatic heterocycles. The zero-order valence-corrected chi connectivity index (χ0v) is 19.2. The van der Waals surface area contributed by atoms with Crippen LogP contribution in [0.2, 0.25) is 5.02 Å². The first-order valence-corrected chi connectivity index (χ1v) is 10.6. The van der Waals surface area contributed by atoms with Gasteiger partial charge in [-0.15, -0.1) is 0 Å². The van der Waals surface area contributed by atoms with Crippen molar-refractivity contribution in [2.75, 3.05) is 0 Å². The van der Waals surface area contributed by atoms with Gasteiger partial charge in [0.1, 0.15) is 23.0 Å². The topological polar surface area (TPSA) is 90.1 Å².